The third kappa shape index (κ3) is 3.14. The van der Waals surface area contributed by atoms with Crippen LogP contribution in [0.3, 0.4) is 0 Å². The van der Waals surface area contributed by atoms with Gasteiger partial charge in [0.1, 0.15) is 0 Å². The molecule has 3 aliphatic heterocycles. The molecule has 0 saturated carbocycles. The molecule has 0 aliphatic carbocycles. The summed E-state index contributed by atoms with van der Waals surface area (Å²) in [5, 5.41) is 0. The third-order valence-corrected chi connectivity index (χ3v) is 4.19. The molecule has 3 fully saturated rings. The van der Waals surface area contributed by atoms with E-state index in [9.17, 15) is 0 Å². The highest BCUT2D eigenvalue weighted by Crippen LogP contribution is 2.40. The second-order valence-electron chi connectivity index (χ2n) is 4.67. The molecule has 4 rings (SSSR count). The molecule has 0 radical (unpaired) electrons. The van der Waals surface area contributed by atoms with E-state index >= 15 is 0 Å². The molecule has 1 aromatic rings. The highest BCUT2D eigenvalue weighted by Gasteiger charge is 2.34. The van der Waals surface area contributed by atoms with Crippen molar-refractivity contribution in [2.45, 2.75) is 25.3 Å². The van der Waals surface area contributed by atoms with Gasteiger partial charge in [-0.15, -0.1) is 24.8 Å². The number of rotatable bonds is 1. The number of nitrogens with zero attached hydrogens (tertiary/aromatic N) is 2. The van der Waals surface area contributed by atoms with Crippen molar-refractivity contribution in [3.05, 3.63) is 28.5 Å². The minimum absolute atomic E-state index is 0. The zero-order valence-corrected chi connectivity index (χ0v) is 12.7. The molecule has 3 aliphatic rings. The van der Waals surface area contributed by atoms with Gasteiger partial charge in [0.2, 0.25) is 0 Å². The average Bonchev–Trinajstić information content (AvgIpc) is 2.30. The van der Waals surface area contributed by atoms with E-state index in [0.717, 1.165) is 10.4 Å². The molecule has 1 unspecified atom stereocenters. The number of pyridine rings is 1. The molecule has 2 nitrogen and oxygen atoms in total. The fourth-order valence-electron chi connectivity index (χ4n) is 2.92. The molecule has 4 heterocycles. The summed E-state index contributed by atoms with van der Waals surface area (Å²) in [7, 11) is 0. The fourth-order valence-corrected chi connectivity index (χ4v) is 3.31. The molecule has 0 aromatic carbocycles. The van der Waals surface area contributed by atoms with Crippen molar-refractivity contribution >= 4 is 40.7 Å². The number of piperidine rings is 3. The summed E-state index contributed by atoms with van der Waals surface area (Å²) in [5.41, 5.74) is 1.38. The standard InChI is InChI=1S/C12H15BrN2.2ClH/c13-11-6-10(7-14-8-11)12-5-9-1-3-15(12)4-2-9;;/h6-9,12H,1-5H2;2*1H. The lowest BCUT2D eigenvalue weighted by Crippen LogP contribution is -2.43. The Morgan fingerprint density at radius 3 is 2.41 bits per heavy atom. The molecule has 17 heavy (non-hydrogen) atoms. The van der Waals surface area contributed by atoms with Crippen LogP contribution >= 0.6 is 40.7 Å². The van der Waals surface area contributed by atoms with Gasteiger partial charge in [0.25, 0.3) is 0 Å². The van der Waals surface area contributed by atoms with Gasteiger partial charge in [-0.25, -0.2) is 0 Å². The van der Waals surface area contributed by atoms with Gasteiger partial charge in [0.05, 0.1) is 0 Å². The first-order chi connectivity index (χ1) is 7.33. The molecule has 2 bridgehead atoms. The summed E-state index contributed by atoms with van der Waals surface area (Å²) < 4.78 is 1.10. The number of halogens is 3. The van der Waals surface area contributed by atoms with E-state index in [1.54, 1.807) is 0 Å². The van der Waals surface area contributed by atoms with Crippen LogP contribution in [0.15, 0.2) is 22.9 Å². The molecular formula is C12H17BrCl2N2. The molecule has 1 aromatic heterocycles. The van der Waals surface area contributed by atoms with Crippen molar-refractivity contribution in [1.29, 1.82) is 0 Å². The van der Waals surface area contributed by atoms with Crippen molar-refractivity contribution in [2.75, 3.05) is 13.1 Å². The van der Waals surface area contributed by atoms with Crippen LogP contribution in [0.1, 0.15) is 30.9 Å². The summed E-state index contributed by atoms with van der Waals surface area (Å²) in [6.07, 6.45) is 8.02. The summed E-state index contributed by atoms with van der Waals surface area (Å²) in [6.45, 7) is 2.56. The van der Waals surface area contributed by atoms with Crippen LogP contribution in [-0.2, 0) is 0 Å². The smallest absolute Gasteiger partial charge is 0.0410 e. The van der Waals surface area contributed by atoms with Crippen molar-refractivity contribution in [3.63, 3.8) is 0 Å². The molecule has 1 atom stereocenters. The normalized spacial score (nSPS) is 30.3. The van der Waals surface area contributed by atoms with Crippen LogP contribution in [0.2, 0.25) is 0 Å². The van der Waals surface area contributed by atoms with Crippen molar-refractivity contribution in [1.82, 2.24) is 9.88 Å². The Morgan fingerprint density at radius 2 is 1.88 bits per heavy atom. The van der Waals surface area contributed by atoms with Crippen molar-refractivity contribution < 1.29 is 0 Å². The number of aromatic nitrogens is 1. The highest BCUT2D eigenvalue weighted by molar-refractivity contribution is 9.10. The van der Waals surface area contributed by atoms with Gasteiger partial charge in [-0.1, -0.05) is 0 Å². The zero-order chi connectivity index (χ0) is 10.3. The molecular weight excluding hydrogens is 323 g/mol. The molecule has 5 heteroatoms. The van der Waals surface area contributed by atoms with Gasteiger partial charge < -0.3 is 0 Å². The van der Waals surface area contributed by atoms with Crippen LogP contribution in [-0.4, -0.2) is 23.0 Å². The number of hydrogen-bond donors (Lipinski definition) is 0. The Morgan fingerprint density at radius 1 is 1.18 bits per heavy atom. The van der Waals surface area contributed by atoms with Crippen LogP contribution in [0.4, 0.5) is 0 Å². The molecule has 0 amide bonds. The monoisotopic (exact) mass is 338 g/mol. The number of fused-ring (bicyclic) bond motifs is 3. The van der Waals surface area contributed by atoms with Crippen LogP contribution in [0.25, 0.3) is 0 Å². The van der Waals surface area contributed by atoms with Crippen LogP contribution < -0.4 is 0 Å². The van der Waals surface area contributed by atoms with Gasteiger partial charge in [-0.3, -0.25) is 9.88 Å². The van der Waals surface area contributed by atoms with Gasteiger partial charge in [-0.2, -0.15) is 0 Å². The minimum Gasteiger partial charge on any atom is -0.296 e. The van der Waals surface area contributed by atoms with E-state index < -0.39 is 0 Å². The lowest BCUT2D eigenvalue weighted by atomic mass is 9.81. The van der Waals surface area contributed by atoms with Crippen LogP contribution in [0, 0.1) is 5.92 Å². The maximum Gasteiger partial charge on any atom is 0.0410 e. The third-order valence-electron chi connectivity index (χ3n) is 3.76. The summed E-state index contributed by atoms with van der Waals surface area (Å²) in [4.78, 5) is 6.88. The first kappa shape index (κ1) is 15.2. The van der Waals surface area contributed by atoms with E-state index in [1.807, 2.05) is 12.4 Å². The predicted octanol–water partition coefficient (Wildman–Crippen LogP) is 3.84. The van der Waals surface area contributed by atoms with E-state index in [0.29, 0.717) is 6.04 Å². The Balaban J connectivity index is 0.000000722. The van der Waals surface area contributed by atoms with E-state index in [4.69, 9.17) is 0 Å². The molecule has 0 spiro atoms. The second kappa shape index (κ2) is 6.37. The van der Waals surface area contributed by atoms with Gasteiger partial charge >= 0.3 is 0 Å². The zero-order valence-electron chi connectivity index (χ0n) is 9.51. The van der Waals surface area contributed by atoms with Crippen molar-refractivity contribution in [2.24, 2.45) is 5.92 Å². The lowest BCUT2D eigenvalue weighted by molar-refractivity contribution is 0.0488. The largest absolute Gasteiger partial charge is 0.296 e. The maximum atomic E-state index is 4.27. The lowest BCUT2D eigenvalue weighted by Gasteiger charge is -2.45. The summed E-state index contributed by atoms with van der Waals surface area (Å²) >= 11 is 3.50. The SMILES string of the molecule is Brc1cncc(C2CC3CCN2CC3)c1.Cl.Cl. The molecule has 0 N–H and O–H groups in total. The van der Waals surface area contributed by atoms with Gasteiger partial charge in [-0.05, 0) is 65.8 Å². The van der Waals surface area contributed by atoms with E-state index in [1.165, 1.54) is 37.9 Å². The first-order valence-corrected chi connectivity index (χ1v) is 6.47. The average molecular weight is 340 g/mol. The Hall–Kier alpha value is 0.170. The maximum absolute atomic E-state index is 4.27. The summed E-state index contributed by atoms with van der Waals surface area (Å²) in [6, 6.07) is 2.85. The van der Waals surface area contributed by atoms with E-state index in [2.05, 4.69) is 31.9 Å². The Bertz CT molecular complexity index is 367. The molecule has 96 valence electrons. The fraction of sp³-hybridized carbons (Fsp3) is 0.583. The van der Waals surface area contributed by atoms with Gasteiger partial charge in [0, 0.05) is 22.9 Å². The topological polar surface area (TPSA) is 16.1 Å². The van der Waals surface area contributed by atoms with Crippen molar-refractivity contribution in [3.8, 4) is 0 Å². The highest BCUT2D eigenvalue weighted by atomic mass is 79.9. The Labute approximate surface area is 123 Å². The Kier molecular flexibility index (Phi) is 5.71. The predicted molar refractivity (Wildman–Crippen MR) is 78.1 cm³/mol. The number of hydrogen-bond acceptors (Lipinski definition) is 2. The van der Waals surface area contributed by atoms with Gasteiger partial charge in [0.15, 0.2) is 0 Å². The summed E-state index contributed by atoms with van der Waals surface area (Å²) in [5.74, 6) is 0.957. The quantitative estimate of drug-likeness (QED) is 0.772. The second-order valence-corrected chi connectivity index (χ2v) is 5.58. The first-order valence-electron chi connectivity index (χ1n) is 5.67. The van der Waals surface area contributed by atoms with Crippen LogP contribution in [0.5, 0.6) is 0 Å². The molecule has 3 saturated heterocycles. The van der Waals surface area contributed by atoms with E-state index in [-0.39, 0.29) is 24.8 Å². The minimum atomic E-state index is 0.